The highest BCUT2D eigenvalue weighted by Gasteiger charge is 2.23. The fourth-order valence-electron chi connectivity index (χ4n) is 2.98. The van der Waals surface area contributed by atoms with E-state index < -0.39 is 11.9 Å². The molecule has 0 saturated carbocycles. The van der Waals surface area contributed by atoms with Crippen LogP contribution in [0.4, 0.5) is 4.39 Å². The molecule has 0 radical (unpaired) electrons. The van der Waals surface area contributed by atoms with Crippen LogP contribution in [0, 0.1) is 11.7 Å². The summed E-state index contributed by atoms with van der Waals surface area (Å²) in [5.41, 5.74) is 2.35. The third-order valence-corrected chi connectivity index (χ3v) is 5.39. The van der Waals surface area contributed by atoms with E-state index in [0.29, 0.717) is 11.5 Å². The first kappa shape index (κ1) is 16.1. The average Bonchev–Trinajstić information content (AvgIpc) is 2.95. The summed E-state index contributed by atoms with van der Waals surface area (Å²) in [5.74, 6) is 0.119. The van der Waals surface area contributed by atoms with Gasteiger partial charge < -0.3 is 10.4 Å². The SMILES string of the molecule is CC1CCc2c(C(=O)NCC(O)c3cccc(F)c3)csc2C1. The Morgan fingerprint density at radius 2 is 2.35 bits per heavy atom. The predicted molar refractivity (Wildman–Crippen MR) is 89.2 cm³/mol. The molecule has 2 unspecified atom stereocenters. The summed E-state index contributed by atoms with van der Waals surface area (Å²) in [7, 11) is 0. The van der Waals surface area contributed by atoms with E-state index in [2.05, 4.69) is 12.2 Å². The third kappa shape index (κ3) is 3.62. The number of hydrogen-bond acceptors (Lipinski definition) is 3. The number of fused-ring (bicyclic) bond motifs is 1. The lowest BCUT2D eigenvalue weighted by atomic mass is 9.88. The maximum atomic E-state index is 13.2. The number of thiophene rings is 1. The maximum absolute atomic E-state index is 13.2. The standard InChI is InChI=1S/C18H20FNO2S/c1-11-5-6-14-15(10-23-17(14)7-11)18(22)20-9-16(21)12-3-2-4-13(19)8-12/h2-4,8,10-11,16,21H,5-7,9H2,1H3,(H,20,22). The average molecular weight is 333 g/mol. The number of aliphatic hydroxyl groups excluding tert-OH is 1. The minimum absolute atomic E-state index is 0.0727. The van der Waals surface area contributed by atoms with Crippen LogP contribution in [0.15, 0.2) is 29.6 Å². The summed E-state index contributed by atoms with van der Waals surface area (Å²) >= 11 is 1.64. The summed E-state index contributed by atoms with van der Waals surface area (Å²) in [6, 6.07) is 5.80. The van der Waals surface area contributed by atoms with E-state index in [1.54, 1.807) is 23.5 Å². The smallest absolute Gasteiger partial charge is 0.252 e. The van der Waals surface area contributed by atoms with Crippen molar-refractivity contribution >= 4 is 17.2 Å². The highest BCUT2D eigenvalue weighted by Crippen LogP contribution is 2.32. The van der Waals surface area contributed by atoms with Crippen LogP contribution >= 0.6 is 11.3 Å². The number of halogens is 1. The minimum atomic E-state index is -0.913. The first-order valence-corrected chi connectivity index (χ1v) is 8.73. The first-order valence-electron chi connectivity index (χ1n) is 7.85. The van der Waals surface area contributed by atoms with Crippen LogP contribution in [0.1, 0.15) is 45.8 Å². The molecule has 122 valence electrons. The van der Waals surface area contributed by atoms with Gasteiger partial charge in [0.25, 0.3) is 5.91 Å². The molecule has 3 nitrogen and oxygen atoms in total. The molecular formula is C18H20FNO2S. The van der Waals surface area contributed by atoms with Crippen LogP contribution < -0.4 is 5.32 Å². The van der Waals surface area contributed by atoms with Gasteiger partial charge in [0.2, 0.25) is 0 Å². The maximum Gasteiger partial charge on any atom is 0.252 e. The molecule has 0 aliphatic heterocycles. The summed E-state index contributed by atoms with van der Waals surface area (Å²) in [4.78, 5) is 13.7. The second kappa shape index (κ2) is 6.81. The molecule has 1 amide bonds. The van der Waals surface area contributed by atoms with E-state index in [0.717, 1.165) is 30.4 Å². The molecule has 2 atom stereocenters. The number of hydrogen-bond donors (Lipinski definition) is 2. The van der Waals surface area contributed by atoms with Crippen LogP contribution in [-0.4, -0.2) is 17.6 Å². The van der Waals surface area contributed by atoms with Crippen molar-refractivity contribution in [2.45, 2.75) is 32.3 Å². The molecule has 0 saturated heterocycles. The zero-order chi connectivity index (χ0) is 16.4. The van der Waals surface area contributed by atoms with Gasteiger partial charge in [-0.25, -0.2) is 4.39 Å². The zero-order valence-corrected chi connectivity index (χ0v) is 13.8. The number of benzene rings is 1. The Morgan fingerprint density at radius 1 is 1.52 bits per heavy atom. The number of amides is 1. The summed E-state index contributed by atoms with van der Waals surface area (Å²) in [6.07, 6.45) is 2.17. The summed E-state index contributed by atoms with van der Waals surface area (Å²) in [5, 5.41) is 14.8. The van der Waals surface area contributed by atoms with E-state index in [-0.39, 0.29) is 12.5 Å². The molecule has 5 heteroatoms. The highest BCUT2D eigenvalue weighted by molar-refractivity contribution is 7.10. The number of nitrogens with one attached hydrogen (secondary N) is 1. The van der Waals surface area contributed by atoms with Crippen molar-refractivity contribution < 1.29 is 14.3 Å². The van der Waals surface area contributed by atoms with E-state index in [1.165, 1.54) is 17.0 Å². The third-order valence-electron chi connectivity index (χ3n) is 4.34. The van der Waals surface area contributed by atoms with Gasteiger partial charge >= 0.3 is 0 Å². The van der Waals surface area contributed by atoms with Crippen LogP contribution in [0.25, 0.3) is 0 Å². The Bertz CT molecular complexity index is 713. The van der Waals surface area contributed by atoms with Crippen molar-refractivity contribution in [3.05, 3.63) is 57.0 Å². The summed E-state index contributed by atoms with van der Waals surface area (Å²) in [6.45, 7) is 2.31. The molecule has 2 N–H and O–H groups in total. The van der Waals surface area contributed by atoms with Crippen molar-refractivity contribution in [2.24, 2.45) is 5.92 Å². The predicted octanol–water partition coefficient (Wildman–Crippen LogP) is 3.48. The van der Waals surface area contributed by atoms with Gasteiger partial charge in [-0.15, -0.1) is 11.3 Å². The first-order chi connectivity index (χ1) is 11.0. The molecule has 1 heterocycles. The Labute approximate surface area is 139 Å². The molecule has 2 aromatic rings. The Balaban J connectivity index is 1.64. The minimum Gasteiger partial charge on any atom is -0.387 e. The fourth-order valence-corrected chi connectivity index (χ4v) is 4.23. The van der Waals surface area contributed by atoms with E-state index >= 15 is 0 Å². The van der Waals surface area contributed by atoms with Gasteiger partial charge in [0, 0.05) is 16.8 Å². The highest BCUT2D eigenvalue weighted by atomic mass is 32.1. The second-order valence-corrected chi connectivity index (χ2v) is 7.14. The molecule has 0 bridgehead atoms. The molecule has 1 aromatic carbocycles. The van der Waals surface area contributed by atoms with E-state index in [4.69, 9.17) is 0 Å². The Morgan fingerprint density at radius 3 is 3.13 bits per heavy atom. The quantitative estimate of drug-likeness (QED) is 0.900. The van der Waals surface area contributed by atoms with E-state index in [1.807, 2.05) is 5.38 Å². The molecule has 1 aliphatic rings. The molecule has 23 heavy (non-hydrogen) atoms. The van der Waals surface area contributed by atoms with Crippen molar-refractivity contribution in [2.75, 3.05) is 6.54 Å². The molecule has 3 rings (SSSR count). The largest absolute Gasteiger partial charge is 0.387 e. The number of aliphatic hydroxyl groups is 1. The number of carbonyl (C=O) groups is 1. The van der Waals surface area contributed by atoms with Crippen molar-refractivity contribution in [1.29, 1.82) is 0 Å². The van der Waals surface area contributed by atoms with Gasteiger partial charge in [0.15, 0.2) is 0 Å². The van der Waals surface area contributed by atoms with Crippen molar-refractivity contribution in [1.82, 2.24) is 5.32 Å². The monoisotopic (exact) mass is 333 g/mol. The summed E-state index contributed by atoms with van der Waals surface area (Å²) < 4.78 is 13.2. The Hall–Kier alpha value is -1.72. The second-order valence-electron chi connectivity index (χ2n) is 6.18. The molecule has 1 aliphatic carbocycles. The van der Waals surface area contributed by atoms with Crippen LogP contribution in [0.5, 0.6) is 0 Å². The molecule has 1 aromatic heterocycles. The zero-order valence-electron chi connectivity index (χ0n) is 13.0. The van der Waals surface area contributed by atoms with Gasteiger partial charge in [-0.1, -0.05) is 19.1 Å². The Kier molecular flexibility index (Phi) is 4.78. The van der Waals surface area contributed by atoms with Crippen LogP contribution in [0.2, 0.25) is 0 Å². The normalized spacial score (nSPS) is 18.3. The van der Waals surface area contributed by atoms with Gasteiger partial charge in [-0.3, -0.25) is 4.79 Å². The lowest BCUT2D eigenvalue weighted by Crippen LogP contribution is -2.29. The molecule has 0 fully saturated rings. The topological polar surface area (TPSA) is 49.3 Å². The molecular weight excluding hydrogens is 313 g/mol. The van der Waals surface area contributed by atoms with Crippen molar-refractivity contribution in [3.63, 3.8) is 0 Å². The van der Waals surface area contributed by atoms with Gasteiger partial charge in [0.1, 0.15) is 5.82 Å². The van der Waals surface area contributed by atoms with Gasteiger partial charge in [-0.2, -0.15) is 0 Å². The fraction of sp³-hybridized carbons (Fsp3) is 0.389. The number of rotatable bonds is 4. The molecule has 0 spiro atoms. The lowest BCUT2D eigenvalue weighted by Gasteiger charge is -2.19. The van der Waals surface area contributed by atoms with Crippen molar-refractivity contribution in [3.8, 4) is 0 Å². The van der Waals surface area contributed by atoms with Gasteiger partial charge in [0.05, 0.1) is 11.7 Å². The lowest BCUT2D eigenvalue weighted by molar-refractivity contribution is 0.0915. The number of carbonyl (C=O) groups excluding carboxylic acids is 1. The van der Waals surface area contributed by atoms with Crippen LogP contribution in [0.3, 0.4) is 0 Å². The van der Waals surface area contributed by atoms with Crippen LogP contribution in [-0.2, 0) is 12.8 Å². The van der Waals surface area contributed by atoms with Gasteiger partial charge in [-0.05, 0) is 48.4 Å². The van der Waals surface area contributed by atoms with E-state index in [9.17, 15) is 14.3 Å².